The van der Waals surface area contributed by atoms with E-state index in [2.05, 4.69) is 17.0 Å². The van der Waals surface area contributed by atoms with Gasteiger partial charge in [0, 0.05) is 32.7 Å². The molecular formula is C21H26N2O3. The molecule has 5 heteroatoms. The molecule has 3 rings (SSSR count). The molecule has 1 saturated heterocycles. The van der Waals surface area contributed by atoms with Gasteiger partial charge in [-0.05, 0) is 36.8 Å². The van der Waals surface area contributed by atoms with E-state index >= 15 is 0 Å². The monoisotopic (exact) mass is 354 g/mol. The van der Waals surface area contributed by atoms with Crippen LogP contribution in [0.15, 0.2) is 54.6 Å². The van der Waals surface area contributed by atoms with Crippen LogP contribution in [0.2, 0.25) is 0 Å². The topological polar surface area (TPSA) is 42.0 Å². The van der Waals surface area contributed by atoms with Crippen molar-refractivity contribution in [2.45, 2.75) is 13.5 Å². The first-order valence-corrected chi connectivity index (χ1v) is 9.14. The zero-order chi connectivity index (χ0) is 18.2. The smallest absolute Gasteiger partial charge is 0.260 e. The van der Waals surface area contributed by atoms with Gasteiger partial charge >= 0.3 is 0 Å². The summed E-state index contributed by atoms with van der Waals surface area (Å²) < 4.78 is 11.0. The summed E-state index contributed by atoms with van der Waals surface area (Å²) in [6, 6.07) is 17.7. The Hall–Kier alpha value is -2.53. The number of carbonyl (C=O) groups excluding carboxylic acids is 1. The van der Waals surface area contributed by atoms with Gasteiger partial charge in [0.15, 0.2) is 6.61 Å². The second kappa shape index (κ2) is 9.25. The Balaban J connectivity index is 1.41. The lowest BCUT2D eigenvalue weighted by atomic mass is 10.2. The van der Waals surface area contributed by atoms with Crippen LogP contribution in [-0.2, 0) is 11.3 Å². The standard InChI is InChI=1S/C21H26N2O3/c1-2-25-20-10-8-18(9-11-20)16-22-12-14-23(15-13-22)21(24)17-26-19-6-4-3-5-7-19/h3-11H,2,12-17H2,1H3. The summed E-state index contributed by atoms with van der Waals surface area (Å²) >= 11 is 0. The van der Waals surface area contributed by atoms with Crippen molar-refractivity contribution in [2.24, 2.45) is 0 Å². The predicted octanol–water partition coefficient (Wildman–Crippen LogP) is 2.81. The third-order valence-corrected chi connectivity index (χ3v) is 4.47. The first-order valence-electron chi connectivity index (χ1n) is 9.14. The van der Waals surface area contributed by atoms with Crippen LogP contribution in [-0.4, -0.2) is 55.1 Å². The van der Waals surface area contributed by atoms with Gasteiger partial charge in [0.1, 0.15) is 11.5 Å². The molecule has 0 bridgehead atoms. The zero-order valence-electron chi connectivity index (χ0n) is 15.3. The molecule has 1 aliphatic heterocycles. The molecule has 0 aromatic heterocycles. The van der Waals surface area contributed by atoms with Crippen LogP contribution in [0.4, 0.5) is 0 Å². The molecule has 2 aromatic carbocycles. The van der Waals surface area contributed by atoms with E-state index in [1.165, 1.54) is 5.56 Å². The quantitative estimate of drug-likeness (QED) is 0.767. The number of nitrogens with zero attached hydrogens (tertiary/aromatic N) is 2. The summed E-state index contributed by atoms with van der Waals surface area (Å²) in [6.45, 7) is 6.91. The van der Waals surface area contributed by atoms with Crippen LogP contribution < -0.4 is 9.47 Å². The van der Waals surface area contributed by atoms with Gasteiger partial charge in [-0.1, -0.05) is 30.3 Å². The highest BCUT2D eigenvalue weighted by molar-refractivity contribution is 5.77. The number of para-hydroxylation sites is 1. The van der Waals surface area contributed by atoms with Crippen molar-refractivity contribution in [2.75, 3.05) is 39.4 Å². The number of carbonyl (C=O) groups is 1. The Bertz CT molecular complexity index is 680. The van der Waals surface area contributed by atoms with Crippen molar-refractivity contribution in [1.82, 2.24) is 9.80 Å². The first kappa shape index (κ1) is 18.3. The number of hydrogen-bond donors (Lipinski definition) is 0. The molecule has 1 fully saturated rings. The molecule has 0 spiro atoms. The van der Waals surface area contributed by atoms with Gasteiger partial charge in [-0.2, -0.15) is 0 Å². The highest BCUT2D eigenvalue weighted by atomic mass is 16.5. The lowest BCUT2D eigenvalue weighted by Crippen LogP contribution is -2.49. The second-order valence-corrected chi connectivity index (χ2v) is 6.34. The van der Waals surface area contributed by atoms with Gasteiger partial charge in [-0.3, -0.25) is 9.69 Å². The molecule has 1 amide bonds. The van der Waals surface area contributed by atoms with Gasteiger partial charge in [-0.25, -0.2) is 0 Å². The van der Waals surface area contributed by atoms with Crippen LogP contribution in [0, 0.1) is 0 Å². The molecule has 0 unspecified atom stereocenters. The minimum atomic E-state index is 0.0505. The van der Waals surface area contributed by atoms with Crippen molar-refractivity contribution in [1.29, 1.82) is 0 Å². The van der Waals surface area contributed by atoms with Crippen LogP contribution in [0.5, 0.6) is 11.5 Å². The van der Waals surface area contributed by atoms with E-state index in [0.29, 0.717) is 6.61 Å². The van der Waals surface area contributed by atoms with Gasteiger partial charge in [0.2, 0.25) is 0 Å². The van der Waals surface area contributed by atoms with E-state index in [1.807, 2.05) is 54.3 Å². The zero-order valence-corrected chi connectivity index (χ0v) is 15.3. The fraction of sp³-hybridized carbons (Fsp3) is 0.381. The van der Waals surface area contributed by atoms with Gasteiger partial charge in [-0.15, -0.1) is 0 Å². The number of amides is 1. The van der Waals surface area contributed by atoms with Crippen LogP contribution in [0.1, 0.15) is 12.5 Å². The summed E-state index contributed by atoms with van der Waals surface area (Å²) in [5, 5.41) is 0. The molecule has 0 atom stereocenters. The first-order chi connectivity index (χ1) is 12.7. The maximum Gasteiger partial charge on any atom is 0.260 e. The second-order valence-electron chi connectivity index (χ2n) is 6.34. The summed E-state index contributed by atoms with van der Waals surface area (Å²) in [5.74, 6) is 1.69. The third-order valence-electron chi connectivity index (χ3n) is 4.47. The van der Waals surface area contributed by atoms with E-state index < -0.39 is 0 Å². The molecule has 0 saturated carbocycles. The van der Waals surface area contributed by atoms with Gasteiger partial charge in [0.25, 0.3) is 5.91 Å². The molecule has 2 aromatic rings. The molecule has 26 heavy (non-hydrogen) atoms. The Morgan fingerprint density at radius 2 is 1.54 bits per heavy atom. The number of ether oxygens (including phenoxy) is 2. The fourth-order valence-corrected chi connectivity index (χ4v) is 3.02. The largest absolute Gasteiger partial charge is 0.494 e. The lowest BCUT2D eigenvalue weighted by molar-refractivity contribution is -0.135. The van der Waals surface area contributed by atoms with Crippen molar-refractivity contribution >= 4 is 5.91 Å². The van der Waals surface area contributed by atoms with E-state index in [-0.39, 0.29) is 12.5 Å². The van der Waals surface area contributed by atoms with E-state index in [0.717, 1.165) is 44.2 Å². The number of hydrogen-bond acceptors (Lipinski definition) is 4. The Kier molecular flexibility index (Phi) is 6.50. The van der Waals surface area contributed by atoms with E-state index in [9.17, 15) is 4.79 Å². The van der Waals surface area contributed by atoms with Crippen molar-refractivity contribution in [3.05, 3.63) is 60.2 Å². The summed E-state index contributed by atoms with van der Waals surface area (Å²) in [7, 11) is 0. The third kappa shape index (κ3) is 5.23. The molecule has 0 aliphatic carbocycles. The Morgan fingerprint density at radius 3 is 2.19 bits per heavy atom. The Morgan fingerprint density at radius 1 is 0.885 bits per heavy atom. The number of rotatable bonds is 7. The van der Waals surface area contributed by atoms with Crippen molar-refractivity contribution in [3.8, 4) is 11.5 Å². The highest BCUT2D eigenvalue weighted by Gasteiger charge is 2.21. The maximum atomic E-state index is 12.3. The average Bonchev–Trinajstić information content (AvgIpc) is 2.69. The molecule has 5 nitrogen and oxygen atoms in total. The lowest BCUT2D eigenvalue weighted by Gasteiger charge is -2.34. The highest BCUT2D eigenvalue weighted by Crippen LogP contribution is 2.15. The molecule has 0 N–H and O–H groups in total. The van der Waals surface area contributed by atoms with Gasteiger partial charge < -0.3 is 14.4 Å². The molecule has 1 heterocycles. The normalized spacial score (nSPS) is 14.9. The minimum absolute atomic E-state index is 0.0505. The fourth-order valence-electron chi connectivity index (χ4n) is 3.02. The van der Waals surface area contributed by atoms with Crippen LogP contribution in [0.25, 0.3) is 0 Å². The average molecular weight is 354 g/mol. The number of piperazine rings is 1. The summed E-state index contributed by atoms with van der Waals surface area (Å²) in [4.78, 5) is 16.6. The molecule has 0 radical (unpaired) electrons. The molecule has 138 valence electrons. The predicted molar refractivity (Wildman–Crippen MR) is 101 cm³/mol. The van der Waals surface area contributed by atoms with Crippen LogP contribution >= 0.6 is 0 Å². The number of benzene rings is 2. The van der Waals surface area contributed by atoms with Crippen molar-refractivity contribution in [3.63, 3.8) is 0 Å². The summed E-state index contributed by atoms with van der Waals surface area (Å²) in [5.41, 5.74) is 1.26. The van der Waals surface area contributed by atoms with Gasteiger partial charge in [0.05, 0.1) is 6.61 Å². The van der Waals surface area contributed by atoms with E-state index in [1.54, 1.807) is 0 Å². The van der Waals surface area contributed by atoms with Crippen LogP contribution in [0.3, 0.4) is 0 Å². The maximum absolute atomic E-state index is 12.3. The molecule has 1 aliphatic rings. The molecular weight excluding hydrogens is 328 g/mol. The minimum Gasteiger partial charge on any atom is -0.494 e. The summed E-state index contributed by atoms with van der Waals surface area (Å²) in [6.07, 6.45) is 0. The van der Waals surface area contributed by atoms with Crippen molar-refractivity contribution < 1.29 is 14.3 Å². The Labute approximate surface area is 155 Å². The SMILES string of the molecule is CCOc1ccc(CN2CCN(C(=O)COc3ccccc3)CC2)cc1. The van der Waals surface area contributed by atoms with E-state index in [4.69, 9.17) is 9.47 Å².